The highest BCUT2D eigenvalue weighted by Crippen LogP contribution is 2.22. The van der Waals surface area contributed by atoms with Crippen molar-refractivity contribution in [1.82, 2.24) is 9.88 Å². The number of likely N-dealkylation sites (tertiary alicyclic amines) is 1. The highest BCUT2D eigenvalue weighted by molar-refractivity contribution is 6.35. The van der Waals surface area contributed by atoms with Gasteiger partial charge in [0.25, 0.3) is 0 Å². The largest absolute Gasteiger partial charge is 0.368 e. The van der Waals surface area contributed by atoms with E-state index in [1.807, 2.05) is 0 Å². The van der Waals surface area contributed by atoms with Crippen molar-refractivity contribution in [3.05, 3.63) is 22.3 Å². The van der Waals surface area contributed by atoms with E-state index in [2.05, 4.69) is 15.2 Å². The highest BCUT2D eigenvalue weighted by Gasteiger charge is 2.08. The Morgan fingerprint density at radius 3 is 2.56 bits per heavy atom. The SMILES string of the molecule is Clc1cnc(NCCN2CCCCCC2)c(Cl)c1. The fraction of sp³-hybridized carbons (Fsp3) is 0.615. The lowest BCUT2D eigenvalue weighted by molar-refractivity contribution is 0.296. The Labute approximate surface area is 118 Å². The molecule has 0 spiro atoms. The van der Waals surface area contributed by atoms with Gasteiger partial charge in [-0.25, -0.2) is 4.98 Å². The van der Waals surface area contributed by atoms with E-state index < -0.39 is 0 Å². The van der Waals surface area contributed by atoms with Crippen LogP contribution in [0.3, 0.4) is 0 Å². The Morgan fingerprint density at radius 1 is 1.17 bits per heavy atom. The number of nitrogens with one attached hydrogen (secondary N) is 1. The Hall–Kier alpha value is -0.510. The summed E-state index contributed by atoms with van der Waals surface area (Å²) in [6.07, 6.45) is 6.99. The minimum atomic E-state index is 0.568. The van der Waals surface area contributed by atoms with Crippen molar-refractivity contribution < 1.29 is 0 Å². The van der Waals surface area contributed by atoms with E-state index in [0.29, 0.717) is 10.0 Å². The summed E-state index contributed by atoms with van der Waals surface area (Å²) in [5.41, 5.74) is 0. The van der Waals surface area contributed by atoms with Crippen molar-refractivity contribution in [2.75, 3.05) is 31.5 Å². The molecule has 0 unspecified atom stereocenters. The molecule has 1 aromatic rings. The van der Waals surface area contributed by atoms with Gasteiger partial charge in [-0.3, -0.25) is 0 Å². The van der Waals surface area contributed by atoms with Crippen LogP contribution in [0.15, 0.2) is 12.3 Å². The van der Waals surface area contributed by atoms with Gasteiger partial charge in [0.1, 0.15) is 5.82 Å². The molecule has 1 N–H and O–H groups in total. The molecule has 0 bridgehead atoms. The van der Waals surface area contributed by atoms with Crippen LogP contribution in [0.5, 0.6) is 0 Å². The van der Waals surface area contributed by atoms with Gasteiger partial charge in [-0.1, -0.05) is 36.0 Å². The predicted octanol–water partition coefficient (Wildman–Crippen LogP) is 3.68. The number of pyridine rings is 1. The van der Waals surface area contributed by atoms with Gasteiger partial charge in [-0.15, -0.1) is 0 Å². The van der Waals surface area contributed by atoms with Crippen molar-refractivity contribution in [3.63, 3.8) is 0 Å². The second-order valence-corrected chi connectivity index (χ2v) is 5.51. The third-order valence-electron chi connectivity index (χ3n) is 3.23. The molecule has 0 radical (unpaired) electrons. The molecule has 3 nitrogen and oxygen atoms in total. The highest BCUT2D eigenvalue weighted by atomic mass is 35.5. The maximum atomic E-state index is 6.05. The Bertz CT molecular complexity index is 376. The van der Waals surface area contributed by atoms with Crippen LogP contribution in [0.2, 0.25) is 10.0 Å². The molecule has 2 rings (SSSR count). The summed E-state index contributed by atoms with van der Waals surface area (Å²) in [7, 11) is 0. The number of anilines is 1. The number of rotatable bonds is 4. The monoisotopic (exact) mass is 287 g/mol. The molecule has 1 fully saturated rings. The number of hydrogen-bond acceptors (Lipinski definition) is 3. The number of nitrogens with zero attached hydrogens (tertiary/aromatic N) is 2. The molecule has 100 valence electrons. The van der Waals surface area contributed by atoms with E-state index >= 15 is 0 Å². The normalized spacial score (nSPS) is 17.4. The zero-order valence-electron chi connectivity index (χ0n) is 10.5. The van der Waals surface area contributed by atoms with Crippen molar-refractivity contribution in [2.45, 2.75) is 25.7 Å². The third kappa shape index (κ3) is 4.30. The average molecular weight is 288 g/mol. The lowest BCUT2D eigenvalue weighted by Crippen LogP contribution is -2.30. The zero-order chi connectivity index (χ0) is 12.8. The maximum absolute atomic E-state index is 6.05. The van der Waals surface area contributed by atoms with Gasteiger partial charge in [0.05, 0.1) is 10.0 Å². The Morgan fingerprint density at radius 2 is 1.89 bits per heavy atom. The number of halogens is 2. The number of hydrogen-bond donors (Lipinski definition) is 1. The lowest BCUT2D eigenvalue weighted by atomic mass is 10.2. The third-order valence-corrected chi connectivity index (χ3v) is 3.72. The van der Waals surface area contributed by atoms with Crippen molar-refractivity contribution in [3.8, 4) is 0 Å². The van der Waals surface area contributed by atoms with Crippen LogP contribution in [-0.4, -0.2) is 36.1 Å². The maximum Gasteiger partial charge on any atom is 0.144 e. The molecule has 2 heterocycles. The molecule has 0 atom stereocenters. The summed E-state index contributed by atoms with van der Waals surface area (Å²) in [5.74, 6) is 0.718. The summed E-state index contributed by atoms with van der Waals surface area (Å²) in [4.78, 5) is 6.69. The molecular weight excluding hydrogens is 269 g/mol. The molecule has 5 heteroatoms. The van der Waals surface area contributed by atoms with Crippen LogP contribution in [0.4, 0.5) is 5.82 Å². The standard InChI is InChI=1S/C13H19Cl2N3/c14-11-9-12(15)13(17-10-11)16-5-8-18-6-3-1-2-4-7-18/h9-10H,1-8H2,(H,16,17). The van der Waals surface area contributed by atoms with E-state index in [4.69, 9.17) is 23.2 Å². The molecule has 1 aromatic heterocycles. The minimum absolute atomic E-state index is 0.568. The smallest absolute Gasteiger partial charge is 0.144 e. The Kier molecular flexibility index (Phi) is 5.54. The summed E-state index contributed by atoms with van der Waals surface area (Å²) in [6.45, 7) is 4.34. The van der Waals surface area contributed by atoms with Gasteiger partial charge < -0.3 is 10.2 Å². The number of aromatic nitrogens is 1. The molecule has 0 saturated carbocycles. The van der Waals surface area contributed by atoms with Gasteiger partial charge in [0, 0.05) is 19.3 Å². The van der Waals surface area contributed by atoms with Crippen molar-refractivity contribution in [1.29, 1.82) is 0 Å². The molecule has 1 saturated heterocycles. The van der Waals surface area contributed by atoms with E-state index in [1.54, 1.807) is 12.3 Å². The van der Waals surface area contributed by atoms with Crippen molar-refractivity contribution >= 4 is 29.0 Å². The summed E-state index contributed by atoms with van der Waals surface area (Å²) < 4.78 is 0. The van der Waals surface area contributed by atoms with E-state index in [-0.39, 0.29) is 0 Å². The van der Waals surface area contributed by atoms with Gasteiger partial charge in [-0.05, 0) is 32.0 Å². The lowest BCUT2D eigenvalue weighted by Gasteiger charge is -2.20. The Balaban J connectivity index is 1.77. The van der Waals surface area contributed by atoms with Gasteiger partial charge in [-0.2, -0.15) is 0 Å². The van der Waals surface area contributed by atoms with E-state index in [1.165, 1.54) is 38.8 Å². The first-order valence-electron chi connectivity index (χ1n) is 6.53. The molecule has 1 aliphatic rings. The molecule has 0 amide bonds. The summed E-state index contributed by atoms with van der Waals surface area (Å²) >= 11 is 11.9. The predicted molar refractivity (Wildman–Crippen MR) is 77.7 cm³/mol. The van der Waals surface area contributed by atoms with Crippen molar-refractivity contribution in [2.24, 2.45) is 0 Å². The fourth-order valence-corrected chi connectivity index (χ4v) is 2.68. The van der Waals surface area contributed by atoms with Crippen LogP contribution in [0, 0.1) is 0 Å². The van der Waals surface area contributed by atoms with Crippen LogP contribution in [0.1, 0.15) is 25.7 Å². The summed E-state index contributed by atoms with van der Waals surface area (Å²) in [6, 6.07) is 1.71. The second kappa shape index (κ2) is 7.17. The fourth-order valence-electron chi connectivity index (χ4n) is 2.24. The van der Waals surface area contributed by atoms with Gasteiger partial charge in [0.15, 0.2) is 0 Å². The van der Waals surface area contributed by atoms with E-state index in [9.17, 15) is 0 Å². The minimum Gasteiger partial charge on any atom is -0.368 e. The van der Waals surface area contributed by atoms with Crippen LogP contribution < -0.4 is 5.32 Å². The van der Waals surface area contributed by atoms with Crippen LogP contribution >= 0.6 is 23.2 Å². The molecule has 1 aliphatic heterocycles. The molecular formula is C13H19Cl2N3. The van der Waals surface area contributed by atoms with Crippen LogP contribution in [-0.2, 0) is 0 Å². The van der Waals surface area contributed by atoms with Gasteiger partial charge >= 0.3 is 0 Å². The first-order valence-corrected chi connectivity index (χ1v) is 7.28. The first kappa shape index (κ1) is 13.9. The second-order valence-electron chi connectivity index (χ2n) is 4.67. The quantitative estimate of drug-likeness (QED) is 0.916. The molecule has 18 heavy (non-hydrogen) atoms. The topological polar surface area (TPSA) is 28.2 Å². The van der Waals surface area contributed by atoms with Gasteiger partial charge in [0.2, 0.25) is 0 Å². The molecule has 0 aromatic carbocycles. The van der Waals surface area contributed by atoms with Crippen LogP contribution in [0.25, 0.3) is 0 Å². The average Bonchev–Trinajstić information content (AvgIpc) is 2.60. The zero-order valence-corrected chi connectivity index (χ0v) is 12.0. The summed E-state index contributed by atoms with van der Waals surface area (Å²) in [5, 5.41) is 4.41. The molecule has 0 aliphatic carbocycles. The first-order chi connectivity index (χ1) is 8.75. The van der Waals surface area contributed by atoms with E-state index in [0.717, 1.165) is 18.9 Å².